The highest BCUT2D eigenvalue weighted by molar-refractivity contribution is 7.88. The van der Waals surface area contributed by atoms with Gasteiger partial charge in [-0.25, -0.2) is 27.7 Å². The normalized spacial score (nSPS) is 20.4. The van der Waals surface area contributed by atoms with Crippen LogP contribution in [0.3, 0.4) is 0 Å². The Morgan fingerprint density at radius 2 is 1.94 bits per heavy atom. The van der Waals surface area contributed by atoms with Crippen LogP contribution in [-0.4, -0.2) is 76.1 Å². The van der Waals surface area contributed by atoms with Gasteiger partial charge in [-0.05, 0) is 31.7 Å². The van der Waals surface area contributed by atoms with Gasteiger partial charge in [-0.3, -0.25) is 0 Å². The Kier molecular flexibility index (Phi) is 5.22. The van der Waals surface area contributed by atoms with E-state index in [4.69, 9.17) is 9.97 Å². The smallest absolute Gasteiger partial charge is 0.227 e. The second-order valence-electron chi connectivity index (χ2n) is 8.20. The first-order chi connectivity index (χ1) is 15.0. The van der Waals surface area contributed by atoms with Gasteiger partial charge in [0.05, 0.1) is 23.7 Å². The Morgan fingerprint density at radius 3 is 2.74 bits per heavy atom. The first-order valence-corrected chi connectivity index (χ1v) is 12.5. The molecule has 0 aliphatic carbocycles. The van der Waals surface area contributed by atoms with Crippen molar-refractivity contribution >= 4 is 33.0 Å². The molecule has 2 aliphatic heterocycles. The van der Waals surface area contributed by atoms with Crippen LogP contribution in [0, 0.1) is 0 Å². The maximum absolute atomic E-state index is 12.0. The number of sulfonamides is 1. The molecule has 5 heterocycles. The fourth-order valence-electron chi connectivity index (χ4n) is 4.25. The average Bonchev–Trinajstić information content (AvgIpc) is 3.45. The third-order valence-electron chi connectivity index (χ3n) is 5.90. The highest BCUT2D eigenvalue weighted by Gasteiger charge is 2.27. The molecular weight excluding hydrogens is 416 g/mol. The summed E-state index contributed by atoms with van der Waals surface area (Å²) in [6.45, 7) is 2.87. The number of rotatable bonds is 5. The molecule has 0 aromatic carbocycles. The number of aromatic amines is 1. The van der Waals surface area contributed by atoms with E-state index in [9.17, 15) is 8.42 Å². The van der Waals surface area contributed by atoms with E-state index in [0.29, 0.717) is 30.5 Å². The molecule has 2 saturated heterocycles. The molecule has 0 unspecified atom stereocenters. The van der Waals surface area contributed by atoms with Crippen molar-refractivity contribution in [2.45, 2.75) is 31.7 Å². The standard InChI is InChI=1S/C20H26N8O2S/c1-31(29,30)28-10-4-5-14(13-28)24-18-15(11-23-20(26-18)27-8-2-3-9-27)17-12-22-19-16(25-17)6-7-21-19/h6-7,11-12,14H,2-5,8-10,13H2,1H3,(H,21,22)(H,23,24,26)/t14-/m0/s1. The zero-order valence-electron chi connectivity index (χ0n) is 17.5. The maximum Gasteiger partial charge on any atom is 0.227 e. The molecule has 2 fully saturated rings. The van der Waals surface area contributed by atoms with E-state index in [1.54, 1.807) is 12.4 Å². The molecule has 0 spiro atoms. The number of nitrogens with zero attached hydrogens (tertiary/aromatic N) is 6. The highest BCUT2D eigenvalue weighted by atomic mass is 32.2. The maximum atomic E-state index is 12.0. The molecule has 2 N–H and O–H groups in total. The van der Waals surface area contributed by atoms with Gasteiger partial charge in [0.25, 0.3) is 0 Å². The van der Waals surface area contributed by atoms with Crippen molar-refractivity contribution in [3.8, 4) is 11.3 Å². The highest BCUT2D eigenvalue weighted by Crippen LogP contribution is 2.29. The number of hydrogen-bond donors (Lipinski definition) is 2. The Balaban J connectivity index is 1.50. The molecular formula is C20H26N8O2S. The number of hydrogen-bond acceptors (Lipinski definition) is 8. The van der Waals surface area contributed by atoms with E-state index in [2.05, 4.69) is 25.2 Å². The lowest BCUT2D eigenvalue weighted by Gasteiger charge is -2.32. The third-order valence-corrected chi connectivity index (χ3v) is 7.17. The zero-order valence-corrected chi connectivity index (χ0v) is 18.3. The largest absolute Gasteiger partial charge is 0.365 e. The Morgan fingerprint density at radius 1 is 1.10 bits per heavy atom. The summed E-state index contributed by atoms with van der Waals surface area (Å²) in [5, 5.41) is 3.50. The molecule has 11 heteroatoms. The summed E-state index contributed by atoms with van der Waals surface area (Å²) in [4.78, 5) is 23.8. The van der Waals surface area contributed by atoms with Crippen LogP contribution in [0.4, 0.5) is 11.8 Å². The molecule has 3 aromatic heterocycles. The number of piperidine rings is 1. The summed E-state index contributed by atoms with van der Waals surface area (Å²) in [5.41, 5.74) is 2.94. The number of aromatic nitrogens is 5. The lowest BCUT2D eigenvalue weighted by Crippen LogP contribution is -2.44. The van der Waals surface area contributed by atoms with Crippen molar-refractivity contribution in [1.82, 2.24) is 29.2 Å². The van der Waals surface area contributed by atoms with Crippen LogP contribution in [0.1, 0.15) is 25.7 Å². The topological polar surface area (TPSA) is 120 Å². The minimum absolute atomic E-state index is 0.0347. The van der Waals surface area contributed by atoms with E-state index in [1.165, 1.54) is 10.6 Å². The number of nitrogens with one attached hydrogen (secondary N) is 2. The summed E-state index contributed by atoms with van der Waals surface area (Å²) in [5.74, 6) is 1.36. The zero-order chi connectivity index (χ0) is 21.4. The molecule has 1 atom stereocenters. The third kappa shape index (κ3) is 4.19. The first kappa shape index (κ1) is 20.1. The number of fused-ring (bicyclic) bond motifs is 1. The predicted molar refractivity (Wildman–Crippen MR) is 119 cm³/mol. The minimum atomic E-state index is -3.23. The summed E-state index contributed by atoms with van der Waals surface area (Å²) in [7, 11) is -3.23. The van der Waals surface area contributed by atoms with Gasteiger partial charge < -0.3 is 15.2 Å². The van der Waals surface area contributed by atoms with Gasteiger partial charge in [0.2, 0.25) is 16.0 Å². The summed E-state index contributed by atoms with van der Waals surface area (Å²) in [6.07, 6.45) is 10.5. The molecule has 31 heavy (non-hydrogen) atoms. The van der Waals surface area contributed by atoms with Crippen LogP contribution in [-0.2, 0) is 10.0 Å². The van der Waals surface area contributed by atoms with Crippen molar-refractivity contribution in [3.05, 3.63) is 24.7 Å². The van der Waals surface area contributed by atoms with Gasteiger partial charge in [0.1, 0.15) is 11.3 Å². The van der Waals surface area contributed by atoms with Gasteiger partial charge >= 0.3 is 0 Å². The van der Waals surface area contributed by atoms with Crippen molar-refractivity contribution in [2.24, 2.45) is 0 Å². The molecule has 0 bridgehead atoms. The van der Waals surface area contributed by atoms with E-state index in [-0.39, 0.29) is 6.04 Å². The van der Waals surface area contributed by atoms with Crippen molar-refractivity contribution < 1.29 is 8.42 Å². The van der Waals surface area contributed by atoms with Gasteiger partial charge in [-0.15, -0.1) is 0 Å². The van der Waals surface area contributed by atoms with E-state index >= 15 is 0 Å². The van der Waals surface area contributed by atoms with E-state index in [1.807, 2.05) is 12.3 Å². The SMILES string of the molecule is CS(=O)(=O)N1CCC[C@H](Nc2nc(N3CCCC3)ncc2-c2cnc3[nH]ccc3n2)C1. The van der Waals surface area contributed by atoms with E-state index in [0.717, 1.165) is 55.5 Å². The number of anilines is 2. The molecule has 0 radical (unpaired) electrons. The van der Waals surface area contributed by atoms with Crippen LogP contribution < -0.4 is 10.2 Å². The Hall–Kier alpha value is -2.79. The van der Waals surface area contributed by atoms with Crippen LogP contribution in [0.25, 0.3) is 22.4 Å². The van der Waals surface area contributed by atoms with Gasteiger partial charge in [-0.1, -0.05) is 0 Å². The molecule has 3 aromatic rings. The monoisotopic (exact) mass is 442 g/mol. The summed E-state index contributed by atoms with van der Waals surface area (Å²) >= 11 is 0. The van der Waals surface area contributed by atoms with Gasteiger partial charge in [0.15, 0.2) is 5.65 Å². The fourth-order valence-corrected chi connectivity index (χ4v) is 5.17. The lowest BCUT2D eigenvalue weighted by atomic mass is 10.1. The predicted octanol–water partition coefficient (Wildman–Crippen LogP) is 1.85. The average molecular weight is 443 g/mol. The second kappa shape index (κ2) is 8.04. The molecule has 2 aliphatic rings. The molecule has 0 amide bonds. The summed E-state index contributed by atoms with van der Waals surface area (Å²) < 4.78 is 25.6. The fraction of sp³-hybridized carbons (Fsp3) is 0.500. The minimum Gasteiger partial charge on any atom is -0.365 e. The van der Waals surface area contributed by atoms with Gasteiger partial charge in [-0.2, -0.15) is 4.98 Å². The van der Waals surface area contributed by atoms with Crippen LogP contribution in [0.2, 0.25) is 0 Å². The van der Waals surface area contributed by atoms with Gasteiger partial charge in [0, 0.05) is 44.6 Å². The van der Waals surface area contributed by atoms with Crippen molar-refractivity contribution in [2.75, 3.05) is 42.7 Å². The molecule has 10 nitrogen and oxygen atoms in total. The van der Waals surface area contributed by atoms with E-state index < -0.39 is 10.0 Å². The summed E-state index contributed by atoms with van der Waals surface area (Å²) in [6, 6.07) is 1.84. The first-order valence-electron chi connectivity index (χ1n) is 10.6. The van der Waals surface area contributed by atoms with Crippen LogP contribution >= 0.6 is 0 Å². The molecule has 5 rings (SSSR count). The van der Waals surface area contributed by atoms with Crippen molar-refractivity contribution in [1.29, 1.82) is 0 Å². The Bertz CT molecular complexity index is 1190. The van der Waals surface area contributed by atoms with Crippen LogP contribution in [0.5, 0.6) is 0 Å². The Labute approximate surface area is 181 Å². The van der Waals surface area contributed by atoms with Crippen molar-refractivity contribution in [3.63, 3.8) is 0 Å². The number of H-pyrrole nitrogens is 1. The molecule has 0 saturated carbocycles. The second-order valence-corrected chi connectivity index (χ2v) is 10.2. The lowest BCUT2D eigenvalue weighted by molar-refractivity contribution is 0.329. The quantitative estimate of drug-likeness (QED) is 0.614. The molecule has 164 valence electrons. The van der Waals surface area contributed by atoms with Crippen LogP contribution in [0.15, 0.2) is 24.7 Å².